The molecule has 3 aromatic carbocycles. The number of methoxy groups -OCH3 is 1. The first-order chi connectivity index (χ1) is 22.1. The molecule has 1 aromatic heterocycles. The number of anilines is 1. The molecule has 3 N–H and O–H groups in total. The minimum atomic E-state index is -4.44. The molecule has 1 saturated carbocycles. The van der Waals surface area contributed by atoms with Crippen molar-refractivity contribution in [3.8, 4) is 23.0 Å². The van der Waals surface area contributed by atoms with Crippen LogP contribution in [0.15, 0.2) is 72.9 Å². The summed E-state index contributed by atoms with van der Waals surface area (Å²) in [4.78, 5) is 29.2. The van der Waals surface area contributed by atoms with Crippen LogP contribution in [0.1, 0.15) is 43.2 Å². The number of carbonyl (C=O) groups excluding carboxylic acids is 2. The third kappa shape index (κ3) is 8.45. The number of benzene rings is 3. The topological polar surface area (TPSA) is 122 Å². The third-order valence-corrected chi connectivity index (χ3v) is 7.57. The largest absolute Gasteiger partial charge is 0.493 e. The Morgan fingerprint density at radius 2 is 1.70 bits per heavy atom. The zero-order chi connectivity index (χ0) is 32.7. The molecule has 0 bridgehead atoms. The van der Waals surface area contributed by atoms with Gasteiger partial charge in [0.15, 0.2) is 11.5 Å². The molecule has 1 atom stereocenters. The van der Waals surface area contributed by atoms with Crippen molar-refractivity contribution < 1.29 is 41.7 Å². The van der Waals surface area contributed by atoms with Gasteiger partial charge in [-0.1, -0.05) is 12.1 Å². The van der Waals surface area contributed by atoms with Gasteiger partial charge in [0.2, 0.25) is 5.91 Å². The van der Waals surface area contributed by atoms with Crippen molar-refractivity contribution in [2.45, 2.75) is 56.8 Å². The van der Waals surface area contributed by atoms with E-state index < -0.39 is 23.8 Å². The van der Waals surface area contributed by atoms with E-state index in [0.717, 1.165) is 37.8 Å². The molecule has 4 aromatic rings. The first-order valence-corrected chi connectivity index (χ1v) is 14.9. The SMILES string of the molecule is COc1cc2c(Oc3ccc(CC(=O)Nc4ccc(C(F)(F)F)cc4)cc3)ccnc2cc1OCC[C@H](N)C(=O)OC1CCCC1. The van der Waals surface area contributed by atoms with Crippen molar-refractivity contribution >= 4 is 28.5 Å². The van der Waals surface area contributed by atoms with Gasteiger partial charge in [0.1, 0.15) is 23.6 Å². The first kappa shape index (κ1) is 32.6. The zero-order valence-electron chi connectivity index (χ0n) is 25.1. The van der Waals surface area contributed by atoms with Crippen LogP contribution < -0.4 is 25.3 Å². The summed E-state index contributed by atoms with van der Waals surface area (Å²) in [5.41, 5.74) is 6.79. The van der Waals surface area contributed by atoms with Crippen molar-refractivity contribution in [2.24, 2.45) is 5.73 Å². The molecule has 1 aliphatic rings. The fraction of sp³-hybridized carbons (Fsp3) is 0.324. The van der Waals surface area contributed by atoms with Crippen molar-refractivity contribution in [2.75, 3.05) is 19.0 Å². The molecule has 46 heavy (non-hydrogen) atoms. The second-order valence-corrected chi connectivity index (χ2v) is 11.0. The molecule has 1 heterocycles. The summed E-state index contributed by atoms with van der Waals surface area (Å²) >= 11 is 0. The lowest BCUT2D eigenvalue weighted by molar-refractivity contribution is -0.150. The Balaban J connectivity index is 1.18. The number of halogens is 3. The van der Waals surface area contributed by atoms with Crippen LogP contribution in [0.2, 0.25) is 0 Å². The maximum atomic E-state index is 12.8. The lowest BCUT2D eigenvalue weighted by Crippen LogP contribution is -2.35. The molecular weight excluding hydrogens is 603 g/mol. The average Bonchev–Trinajstić information content (AvgIpc) is 3.54. The number of fused-ring (bicyclic) bond motifs is 1. The zero-order valence-corrected chi connectivity index (χ0v) is 25.1. The van der Waals surface area contributed by atoms with Crippen LogP contribution in [0, 0.1) is 0 Å². The van der Waals surface area contributed by atoms with Gasteiger partial charge in [0.25, 0.3) is 0 Å². The molecule has 0 saturated heterocycles. The maximum Gasteiger partial charge on any atom is 0.416 e. The molecule has 12 heteroatoms. The number of hydrogen-bond acceptors (Lipinski definition) is 8. The van der Waals surface area contributed by atoms with Crippen LogP contribution in [0.25, 0.3) is 10.9 Å². The normalized spacial score (nSPS) is 14.1. The fourth-order valence-corrected chi connectivity index (χ4v) is 5.10. The summed E-state index contributed by atoms with van der Waals surface area (Å²) in [6.45, 7) is 0.174. The Hall–Kier alpha value is -4.84. The van der Waals surface area contributed by atoms with Gasteiger partial charge in [0.05, 0.1) is 31.2 Å². The summed E-state index contributed by atoms with van der Waals surface area (Å²) < 4.78 is 61.4. The van der Waals surface area contributed by atoms with E-state index in [1.807, 2.05) is 0 Å². The monoisotopic (exact) mass is 637 g/mol. The number of ether oxygens (including phenoxy) is 4. The van der Waals surface area contributed by atoms with E-state index >= 15 is 0 Å². The minimum absolute atomic E-state index is 0.0199. The summed E-state index contributed by atoms with van der Waals surface area (Å²) in [7, 11) is 1.52. The number of carbonyl (C=O) groups is 2. The summed E-state index contributed by atoms with van der Waals surface area (Å²) in [5.74, 6) is 1.12. The lowest BCUT2D eigenvalue weighted by Gasteiger charge is -2.17. The van der Waals surface area contributed by atoms with Crippen LogP contribution in [0.3, 0.4) is 0 Å². The number of nitrogens with zero attached hydrogens (tertiary/aromatic N) is 1. The minimum Gasteiger partial charge on any atom is -0.493 e. The van der Waals surface area contributed by atoms with Crippen LogP contribution >= 0.6 is 0 Å². The number of pyridine rings is 1. The molecule has 1 aliphatic carbocycles. The second-order valence-electron chi connectivity index (χ2n) is 11.0. The second kappa shape index (κ2) is 14.5. The predicted octanol–water partition coefficient (Wildman–Crippen LogP) is 6.82. The van der Waals surface area contributed by atoms with Crippen molar-refractivity contribution in [1.82, 2.24) is 4.98 Å². The van der Waals surface area contributed by atoms with Gasteiger partial charge in [-0.15, -0.1) is 0 Å². The number of nitrogens with one attached hydrogen (secondary N) is 1. The Morgan fingerprint density at radius 3 is 2.37 bits per heavy atom. The van der Waals surface area contributed by atoms with Crippen LogP contribution in [-0.2, 0) is 26.9 Å². The third-order valence-electron chi connectivity index (χ3n) is 7.57. The Labute approximate surface area is 263 Å². The predicted molar refractivity (Wildman–Crippen MR) is 165 cm³/mol. The molecule has 0 spiro atoms. The maximum absolute atomic E-state index is 12.8. The van der Waals surface area contributed by atoms with Gasteiger partial charge in [-0.2, -0.15) is 13.2 Å². The number of alkyl halides is 3. The van der Waals surface area contributed by atoms with Gasteiger partial charge >= 0.3 is 12.1 Å². The van der Waals surface area contributed by atoms with Crippen molar-refractivity contribution in [1.29, 1.82) is 0 Å². The molecule has 0 unspecified atom stereocenters. The highest BCUT2D eigenvalue weighted by Crippen LogP contribution is 2.37. The molecule has 1 amide bonds. The molecule has 1 fully saturated rings. The Kier molecular flexibility index (Phi) is 10.3. The quantitative estimate of drug-likeness (QED) is 0.162. The van der Waals surface area contributed by atoms with E-state index in [1.165, 1.54) is 19.2 Å². The number of hydrogen-bond donors (Lipinski definition) is 2. The van der Waals surface area contributed by atoms with Gasteiger partial charge in [-0.3, -0.25) is 14.6 Å². The fourth-order valence-electron chi connectivity index (χ4n) is 5.10. The van der Waals surface area contributed by atoms with Gasteiger partial charge in [-0.25, -0.2) is 0 Å². The lowest BCUT2D eigenvalue weighted by atomic mass is 10.1. The molecule has 0 radical (unpaired) electrons. The number of amides is 1. The summed E-state index contributed by atoms with van der Waals surface area (Å²) in [6.07, 6.45) is 1.28. The number of aromatic nitrogens is 1. The molecule has 242 valence electrons. The van der Waals surface area contributed by atoms with E-state index in [1.54, 1.807) is 48.7 Å². The summed E-state index contributed by atoms with van der Waals surface area (Å²) in [6, 6.07) is 15.5. The summed E-state index contributed by atoms with van der Waals surface area (Å²) in [5, 5.41) is 3.27. The van der Waals surface area contributed by atoms with Gasteiger partial charge in [-0.05, 0) is 79.8 Å². The Bertz CT molecular complexity index is 1660. The smallest absolute Gasteiger partial charge is 0.416 e. The molecule has 9 nitrogen and oxygen atoms in total. The number of rotatable bonds is 12. The standard InChI is InChI=1S/C34H34F3N3O6/c1-43-30-19-26-28(20-31(30)44-17-15-27(38)33(42)46-24-4-2-3-5-24)39-16-14-29(26)45-25-12-6-21(7-13-25)18-32(41)40-23-10-8-22(9-11-23)34(35,36)37/h6-14,16,19-20,24,27H,2-5,15,17-18,38H2,1H3,(H,40,41)/t27-/m0/s1. The molecular formula is C34H34F3N3O6. The van der Waals surface area contributed by atoms with Gasteiger partial charge < -0.3 is 30.0 Å². The van der Waals surface area contributed by atoms with E-state index in [2.05, 4.69) is 10.3 Å². The van der Waals surface area contributed by atoms with E-state index in [4.69, 9.17) is 24.7 Å². The van der Waals surface area contributed by atoms with Crippen molar-refractivity contribution in [3.63, 3.8) is 0 Å². The number of nitrogens with two attached hydrogens (primary N) is 1. The molecule has 5 rings (SSSR count). The van der Waals surface area contributed by atoms with Crippen LogP contribution in [0.4, 0.5) is 18.9 Å². The average molecular weight is 638 g/mol. The van der Waals surface area contributed by atoms with Gasteiger partial charge in [0, 0.05) is 29.8 Å². The Morgan fingerprint density at radius 1 is 0.978 bits per heavy atom. The van der Waals surface area contributed by atoms with Crippen molar-refractivity contribution in [3.05, 3.63) is 84.1 Å². The van der Waals surface area contributed by atoms with E-state index in [9.17, 15) is 22.8 Å². The highest BCUT2D eigenvalue weighted by atomic mass is 19.4. The highest BCUT2D eigenvalue weighted by molar-refractivity contribution is 5.92. The van der Waals surface area contributed by atoms with Crippen LogP contribution in [0.5, 0.6) is 23.0 Å². The van der Waals surface area contributed by atoms with E-state index in [-0.39, 0.29) is 37.1 Å². The molecule has 0 aliphatic heterocycles. The highest BCUT2D eigenvalue weighted by Gasteiger charge is 2.30. The first-order valence-electron chi connectivity index (χ1n) is 14.9. The van der Waals surface area contributed by atoms with E-state index in [0.29, 0.717) is 39.5 Å². The number of esters is 1. The van der Waals surface area contributed by atoms with Crippen LogP contribution in [-0.4, -0.2) is 42.7 Å².